The molecule has 0 radical (unpaired) electrons. The second-order valence-corrected chi connectivity index (χ2v) is 6.27. The Balaban J connectivity index is 2.65. The number of fused-ring (bicyclic) bond motifs is 1. The quantitative estimate of drug-likeness (QED) is 0.256. The Kier molecular flexibility index (Phi) is 4.02. The number of allylic oxidation sites excluding steroid dienone is 2. The van der Waals surface area contributed by atoms with Gasteiger partial charge in [-0.05, 0) is 0 Å². The van der Waals surface area contributed by atoms with Crippen molar-refractivity contribution in [2.24, 2.45) is 0 Å². The zero-order chi connectivity index (χ0) is 23.6. The molecule has 0 amide bonds. The van der Waals surface area contributed by atoms with Gasteiger partial charge in [0.1, 0.15) is 5.56 Å². The average molecular weight is 472 g/mol. The molecule has 0 saturated heterocycles. The summed E-state index contributed by atoms with van der Waals surface area (Å²) >= 11 is 0. The Labute approximate surface area is 152 Å². The van der Waals surface area contributed by atoms with Gasteiger partial charge in [0.2, 0.25) is 11.1 Å². The largest absolute Gasteiger partial charge is 0.419 e. The van der Waals surface area contributed by atoms with Crippen molar-refractivity contribution >= 4 is 0 Å². The summed E-state index contributed by atoms with van der Waals surface area (Å²) in [6.07, 6.45) is -14.1. The molecule has 3 atom stereocenters. The predicted molar refractivity (Wildman–Crippen MR) is 60.9 cm³/mol. The molecule has 3 unspecified atom stereocenters. The van der Waals surface area contributed by atoms with Crippen LogP contribution in [0.25, 0.3) is 0 Å². The summed E-state index contributed by atoms with van der Waals surface area (Å²) in [5, 5.41) is 0. The summed E-state index contributed by atoms with van der Waals surface area (Å²) in [5.41, 5.74) is -26.6. The van der Waals surface area contributed by atoms with Crippen LogP contribution in [0, 0.1) is 23.3 Å². The molecule has 0 N–H and O–H groups in total. The van der Waals surface area contributed by atoms with Gasteiger partial charge in [-0.15, -0.1) is 0 Å². The molecule has 0 bridgehead atoms. The first-order valence-corrected chi connectivity index (χ1v) is 7.02. The summed E-state index contributed by atoms with van der Waals surface area (Å²) in [6.45, 7) is 0. The number of benzene rings is 1. The van der Waals surface area contributed by atoms with Crippen LogP contribution in [0.3, 0.4) is 0 Å². The zero-order valence-electron chi connectivity index (χ0n) is 13.0. The lowest BCUT2D eigenvalue weighted by Gasteiger charge is -2.69. The lowest BCUT2D eigenvalue weighted by atomic mass is 9.38. The fourth-order valence-electron chi connectivity index (χ4n) is 3.83. The highest BCUT2D eigenvalue weighted by Gasteiger charge is 3.09. The van der Waals surface area contributed by atoms with Crippen molar-refractivity contribution in [3.63, 3.8) is 0 Å². The highest BCUT2D eigenvalue weighted by atomic mass is 19.4. The Hall–Kier alpha value is -2.16. The smallest absolute Gasteiger partial charge is 0.230 e. The lowest BCUT2D eigenvalue weighted by Crippen LogP contribution is -2.95. The molecule has 0 aromatic heterocycles. The molecule has 0 nitrogen and oxygen atoms in total. The van der Waals surface area contributed by atoms with E-state index in [-0.39, 0.29) is 0 Å². The second kappa shape index (κ2) is 5.36. The summed E-state index contributed by atoms with van der Waals surface area (Å²) in [6, 6.07) is 0. The van der Waals surface area contributed by atoms with E-state index in [4.69, 9.17) is 0 Å². The first-order valence-electron chi connectivity index (χ1n) is 7.02. The van der Waals surface area contributed by atoms with Crippen LogP contribution in [0.4, 0.5) is 70.2 Å². The van der Waals surface area contributed by atoms with E-state index in [1.54, 1.807) is 0 Å². The van der Waals surface area contributed by atoms with Crippen LogP contribution in [0.5, 0.6) is 0 Å². The Morgan fingerprint density at radius 1 is 0.533 bits per heavy atom. The minimum absolute atomic E-state index is 3.45. The van der Waals surface area contributed by atoms with Crippen molar-refractivity contribution in [2.45, 2.75) is 35.0 Å². The van der Waals surface area contributed by atoms with Crippen LogP contribution in [0.15, 0.2) is 11.7 Å². The molecule has 30 heavy (non-hydrogen) atoms. The number of halogens is 16. The van der Waals surface area contributed by atoms with Crippen molar-refractivity contribution in [1.29, 1.82) is 0 Å². The third-order valence-electron chi connectivity index (χ3n) is 5.04. The summed E-state index contributed by atoms with van der Waals surface area (Å²) in [5.74, 6) is -28.6. The molecule has 3 rings (SSSR count). The van der Waals surface area contributed by atoms with Crippen LogP contribution in [-0.4, -0.2) is 23.4 Å². The highest BCUT2D eigenvalue weighted by molar-refractivity contribution is 5.67. The average Bonchev–Trinajstić information content (AvgIpc) is 2.59. The van der Waals surface area contributed by atoms with E-state index in [0.717, 1.165) is 0 Å². The maximum Gasteiger partial charge on any atom is 0.419 e. The summed E-state index contributed by atoms with van der Waals surface area (Å²) in [7, 11) is 0. The normalized spacial score (nSPS) is 33.2. The minimum atomic E-state index is -7.34. The van der Waals surface area contributed by atoms with E-state index < -0.39 is 81.1 Å². The standard InChI is InChI=1S/C14F16/c15-3-1(2(12(23,24)25)4(16)6(18)5(3)17)9(14(28,29)30)10(21)7(19)8(20)11(10,22)13(9,26)27. The summed E-state index contributed by atoms with van der Waals surface area (Å²) in [4.78, 5) is 0. The van der Waals surface area contributed by atoms with Gasteiger partial charge in [0.15, 0.2) is 34.9 Å². The summed E-state index contributed by atoms with van der Waals surface area (Å²) < 4.78 is 218. The number of alkyl halides is 10. The van der Waals surface area contributed by atoms with Gasteiger partial charge in [0.05, 0.1) is 0 Å². The molecule has 2 aliphatic carbocycles. The second-order valence-electron chi connectivity index (χ2n) is 6.27. The van der Waals surface area contributed by atoms with Crippen LogP contribution in [0.2, 0.25) is 0 Å². The van der Waals surface area contributed by atoms with Gasteiger partial charge in [0.25, 0.3) is 5.67 Å². The SMILES string of the molecule is FC1=C(F)C2(F)C1(F)C(F)(F)C2(c1c(F)c(F)c(F)c(F)c1C(F)(F)F)C(F)(F)F. The van der Waals surface area contributed by atoms with E-state index in [9.17, 15) is 70.2 Å². The molecule has 1 fully saturated rings. The highest BCUT2D eigenvalue weighted by Crippen LogP contribution is 2.84. The Morgan fingerprint density at radius 3 is 1.33 bits per heavy atom. The molecular weight excluding hydrogens is 472 g/mol. The van der Waals surface area contributed by atoms with Gasteiger partial charge in [-0.2, -0.15) is 26.3 Å². The minimum Gasteiger partial charge on any atom is -0.230 e. The van der Waals surface area contributed by atoms with Gasteiger partial charge in [-0.1, -0.05) is 0 Å². The van der Waals surface area contributed by atoms with E-state index >= 15 is 0 Å². The first kappa shape index (κ1) is 22.5. The Morgan fingerprint density at radius 2 is 0.933 bits per heavy atom. The van der Waals surface area contributed by atoms with Crippen LogP contribution >= 0.6 is 0 Å². The molecule has 2 aliphatic rings. The topological polar surface area (TPSA) is 0 Å². The maximum atomic E-state index is 14.7. The molecule has 1 saturated carbocycles. The van der Waals surface area contributed by atoms with Gasteiger partial charge in [-0.3, -0.25) is 0 Å². The van der Waals surface area contributed by atoms with Gasteiger partial charge in [0, 0.05) is 5.56 Å². The van der Waals surface area contributed by atoms with Crippen molar-refractivity contribution in [1.82, 2.24) is 0 Å². The van der Waals surface area contributed by atoms with Gasteiger partial charge in [-0.25, -0.2) is 43.9 Å². The van der Waals surface area contributed by atoms with Crippen LogP contribution in [0.1, 0.15) is 11.1 Å². The van der Waals surface area contributed by atoms with Gasteiger partial charge < -0.3 is 0 Å². The van der Waals surface area contributed by atoms with Crippen LogP contribution in [-0.2, 0) is 11.6 Å². The molecule has 0 spiro atoms. The first-order chi connectivity index (χ1) is 13.2. The maximum absolute atomic E-state index is 14.7. The van der Waals surface area contributed by atoms with Crippen molar-refractivity contribution in [3.8, 4) is 0 Å². The molecule has 1 aromatic rings. The molecule has 16 heteroatoms. The van der Waals surface area contributed by atoms with E-state index in [1.807, 2.05) is 0 Å². The number of rotatable bonds is 1. The third-order valence-corrected chi connectivity index (χ3v) is 5.04. The fraction of sp³-hybridized carbons (Fsp3) is 0.429. The molecule has 0 heterocycles. The number of hydrogen-bond acceptors (Lipinski definition) is 0. The van der Waals surface area contributed by atoms with Crippen molar-refractivity contribution in [3.05, 3.63) is 46.0 Å². The van der Waals surface area contributed by atoms with E-state index in [0.29, 0.717) is 0 Å². The van der Waals surface area contributed by atoms with Crippen molar-refractivity contribution < 1.29 is 70.2 Å². The third kappa shape index (κ3) is 1.77. The van der Waals surface area contributed by atoms with Crippen molar-refractivity contribution in [2.75, 3.05) is 0 Å². The fourth-order valence-corrected chi connectivity index (χ4v) is 3.83. The molecule has 0 aliphatic heterocycles. The van der Waals surface area contributed by atoms with Crippen LogP contribution < -0.4 is 0 Å². The predicted octanol–water partition coefficient (Wildman–Crippen LogP) is 6.29. The monoisotopic (exact) mass is 472 g/mol. The zero-order valence-corrected chi connectivity index (χ0v) is 13.0. The van der Waals surface area contributed by atoms with Gasteiger partial charge >= 0.3 is 18.3 Å². The molecular formula is C14F16. The molecule has 1 aromatic carbocycles. The van der Waals surface area contributed by atoms with E-state index in [2.05, 4.69) is 0 Å². The van der Waals surface area contributed by atoms with E-state index in [1.165, 1.54) is 0 Å². The lowest BCUT2D eigenvalue weighted by molar-refractivity contribution is -0.432. The Bertz CT molecular complexity index is 999. The molecule has 168 valence electrons. The number of hydrogen-bond donors (Lipinski definition) is 0.